The summed E-state index contributed by atoms with van der Waals surface area (Å²) in [4.78, 5) is 4.07. The molecule has 0 aliphatic rings. The summed E-state index contributed by atoms with van der Waals surface area (Å²) in [7, 11) is 0. The smallest absolute Gasteiger partial charge is 0.203 e. The predicted octanol–water partition coefficient (Wildman–Crippen LogP) is 2.91. The van der Waals surface area contributed by atoms with Crippen LogP contribution >= 0.6 is 46.4 Å². The van der Waals surface area contributed by atoms with Gasteiger partial charge in [0.1, 0.15) is 12.2 Å². The average Bonchev–Trinajstić information content (AvgIpc) is 2.78. The molecular formula is C11H11Cl4N3O3. The van der Waals surface area contributed by atoms with Crippen LogP contribution in [0.4, 0.5) is 5.95 Å². The largest absolute Gasteiger partial charge is 0.396 e. The SMILES string of the molecule is Nc1nc2c(Cl)c(Cl)c(Cl)c(Cl)c2n1COC(O)CCO. The van der Waals surface area contributed by atoms with Gasteiger partial charge in [0.15, 0.2) is 6.29 Å². The van der Waals surface area contributed by atoms with E-state index in [0.29, 0.717) is 5.52 Å². The van der Waals surface area contributed by atoms with Crippen molar-refractivity contribution < 1.29 is 14.9 Å². The number of anilines is 1. The summed E-state index contributed by atoms with van der Waals surface area (Å²) in [5.41, 5.74) is 6.43. The van der Waals surface area contributed by atoms with Gasteiger partial charge in [0.25, 0.3) is 0 Å². The topological polar surface area (TPSA) is 93.5 Å². The lowest BCUT2D eigenvalue weighted by Crippen LogP contribution is -2.17. The molecule has 10 heteroatoms. The fraction of sp³-hybridized carbons (Fsp3) is 0.364. The van der Waals surface area contributed by atoms with Gasteiger partial charge >= 0.3 is 0 Å². The first kappa shape index (κ1) is 16.9. The second-order valence-corrected chi connectivity index (χ2v) is 5.63. The van der Waals surface area contributed by atoms with Gasteiger partial charge in [-0.2, -0.15) is 0 Å². The molecule has 0 aliphatic carbocycles. The van der Waals surface area contributed by atoms with Gasteiger partial charge < -0.3 is 20.7 Å². The number of benzene rings is 1. The van der Waals surface area contributed by atoms with Crippen molar-refractivity contribution in [2.75, 3.05) is 12.3 Å². The van der Waals surface area contributed by atoms with Crippen LogP contribution in [0.1, 0.15) is 6.42 Å². The minimum Gasteiger partial charge on any atom is -0.396 e. The molecule has 0 fully saturated rings. The number of nitrogens with two attached hydrogens (primary N) is 1. The summed E-state index contributed by atoms with van der Waals surface area (Å²) < 4.78 is 6.54. The van der Waals surface area contributed by atoms with Gasteiger partial charge in [0.05, 0.1) is 25.6 Å². The van der Waals surface area contributed by atoms with Gasteiger partial charge in [-0.05, 0) is 0 Å². The summed E-state index contributed by atoms with van der Waals surface area (Å²) in [6, 6.07) is 0. The van der Waals surface area contributed by atoms with Gasteiger partial charge in [-0.15, -0.1) is 0 Å². The van der Waals surface area contributed by atoms with Crippen molar-refractivity contribution >= 4 is 63.4 Å². The van der Waals surface area contributed by atoms with Crippen molar-refractivity contribution in [3.05, 3.63) is 20.1 Å². The fourth-order valence-corrected chi connectivity index (χ4v) is 2.71. The third-order valence-corrected chi connectivity index (χ3v) is 4.55. The molecule has 0 spiro atoms. The number of aromatic nitrogens is 2. The highest BCUT2D eigenvalue weighted by molar-refractivity contribution is 6.55. The minimum atomic E-state index is -1.15. The summed E-state index contributed by atoms with van der Waals surface area (Å²) >= 11 is 24.2. The fourth-order valence-electron chi connectivity index (χ4n) is 1.73. The van der Waals surface area contributed by atoms with E-state index in [1.165, 1.54) is 4.57 Å². The number of nitrogen functional groups attached to an aromatic ring is 1. The van der Waals surface area contributed by atoms with Crippen LogP contribution < -0.4 is 5.73 Å². The number of imidazole rings is 1. The van der Waals surface area contributed by atoms with Crippen LogP contribution in [0.5, 0.6) is 0 Å². The molecule has 2 rings (SSSR count). The number of aliphatic hydroxyl groups is 2. The van der Waals surface area contributed by atoms with Gasteiger partial charge in [-0.25, -0.2) is 4.98 Å². The Bertz CT molecular complexity index is 677. The Balaban J connectivity index is 2.47. The lowest BCUT2D eigenvalue weighted by atomic mass is 10.3. The monoisotopic (exact) mass is 373 g/mol. The molecule has 1 aromatic heterocycles. The zero-order valence-corrected chi connectivity index (χ0v) is 13.5. The zero-order valence-electron chi connectivity index (χ0n) is 10.5. The minimum absolute atomic E-state index is 0.0631. The lowest BCUT2D eigenvalue weighted by Gasteiger charge is -2.13. The van der Waals surface area contributed by atoms with Crippen LogP contribution in [0.25, 0.3) is 11.0 Å². The maximum atomic E-state index is 9.47. The van der Waals surface area contributed by atoms with E-state index in [1.807, 2.05) is 0 Å². The standard InChI is InChI=1S/C11H11Cl4N3O3/c12-5-6(13)8(15)10-9(7(5)14)17-11(16)18(10)3-21-4(20)1-2-19/h4,19-20H,1-3H2,(H2,16,17). The Kier molecular flexibility index (Phi) is 5.43. The zero-order chi connectivity index (χ0) is 15.7. The van der Waals surface area contributed by atoms with Crippen LogP contribution in [0, 0.1) is 0 Å². The second-order valence-electron chi connectivity index (χ2n) is 4.11. The average molecular weight is 375 g/mol. The highest BCUT2D eigenvalue weighted by Gasteiger charge is 2.21. The van der Waals surface area contributed by atoms with E-state index in [9.17, 15) is 5.11 Å². The molecule has 1 heterocycles. The second kappa shape index (κ2) is 6.75. The molecule has 0 aliphatic heterocycles. The molecule has 1 aromatic carbocycles. The highest BCUT2D eigenvalue weighted by Crippen LogP contribution is 2.43. The van der Waals surface area contributed by atoms with E-state index in [2.05, 4.69) is 4.98 Å². The highest BCUT2D eigenvalue weighted by atomic mass is 35.5. The molecule has 1 atom stereocenters. The van der Waals surface area contributed by atoms with E-state index in [1.54, 1.807) is 0 Å². The quantitative estimate of drug-likeness (QED) is 0.425. The number of halogens is 4. The number of rotatable bonds is 5. The predicted molar refractivity (Wildman–Crippen MR) is 83.0 cm³/mol. The van der Waals surface area contributed by atoms with Gasteiger partial charge in [0.2, 0.25) is 5.95 Å². The number of fused-ring (bicyclic) bond motifs is 1. The van der Waals surface area contributed by atoms with Crippen molar-refractivity contribution in [3.63, 3.8) is 0 Å². The third kappa shape index (κ3) is 3.17. The molecule has 2 aromatic rings. The molecule has 0 saturated heterocycles. The maximum absolute atomic E-state index is 9.47. The van der Waals surface area contributed by atoms with Crippen molar-refractivity contribution in [1.82, 2.24) is 9.55 Å². The molecular weight excluding hydrogens is 364 g/mol. The first-order valence-corrected chi connectivity index (χ1v) is 7.27. The van der Waals surface area contributed by atoms with Crippen molar-refractivity contribution in [1.29, 1.82) is 0 Å². The Labute approximate surface area is 139 Å². The molecule has 0 bridgehead atoms. The number of ether oxygens (including phenoxy) is 1. The van der Waals surface area contributed by atoms with Gasteiger partial charge in [-0.3, -0.25) is 4.57 Å². The summed E-state index contributed by atoms with van der Waals surface area (Å²) in [6.45, 7) is -0.354. The van der Waals surface area contributed by atoms with Crippen molar-refractivity contribution in [3.8, 4) is 0 Å². The number of hydrogen-bond donors (Lipinski definition) is 3. The van der Waals surface area contributed by atoms with E-state index in [4.69, 9.17) is 62.0 Å². The molecule has 0 saturated carbocycles. The van der Waals surface area contributed by atoms with Gasteiger partial charge in [-0.1, -0.05) is 46.4 Å². The van der Waals surface area contributed by atoms with Gasteiger partial charge in [0, 0.05) is 13.0 Å². The van der Waals surface area contributed by atoms with E-state index >= 15 is 0 Å². The molecule has 6 nitrogen and oxygen atoms in total. The van der Waals surface area contributed by atoms with E-state index < -0.39 is 6.29 Å². The lowest BCUT2D eigenvalue weighted by molar-refractivity contribution is -0.132. The maximum Gasteiger partial charge on any atom is 0.203 e. The van der Waals surface area contributed by atoms with Crippen LogP contribution in [-0.4, -0.2) is 32.7 Å². The first-order chi connectivity index (χ1) is 9.88. The van der Waals surface area contributed by atoms with E-state index in [0.717, 1.165) is 0 Å². The molecule has 4 N–H and O–H groups in total. The molecule has 0 amide bonds. The molecule has 21 heavy (non-hydrogen) atoms. The summed E-state index contributed by atoms with van der Waals surface area (Å²) in [6.07, 6.45) is -1.09. The van der Waals surface area contributed by atoms with Crippen LogP contribution in [0.15, 0.2) is 0 Å². The number of nitrogens with zero attached hydrogens (tertiary/aromatic N) is 2. The normalized spacial score (nSPS) is 13.0. The Morgan fingerprint density at radius 3 is 2.38 bits per heavy atom. The summed E-state index contributed by atoms with van der Waals surface area (Å²) in [5, 5.41) is 18.6. The first-order valence-electron chi connectivity index (χ1n) is 5.76. The van der Waals surface area contributed by atoms with Crippen LogP contribution in [0.2, 0.25) is 20.1 Å². The number of hydrogen-bond acceptors (Lipinski definition) is 5. The third-order valence-electron chi connectivity index (χ3n) is 2.76. The Hall–Kier alpha value is -0.470. The Morgan fingerprint density at radius 2 is 1.76 bits per heavy atom. The molecule has 116 valence electrons. The van der Waals surface area contributed by atoms with Crippen molar-refractivity contribution in [2.24, 2.45) is 0 Å². The van der Waals surface area contributed by atoms with E-state index in [-0.39, 0.29) is 51.3 Å². The van der Waals surface area contributed by atoms with Crippen molar-refractivity contribution in [2.45, 2.75) is 19.4 Å². The summed E-state index contributed by atoms with van der Waals surface area (Å²) in [5.74, 6) is 0.0725. The molecule has 0 radical (unpaired) electrons. The molecule has 1 unspecified atom stereocenters. The van der Waals surface area contributed by atoms with Crippen LogP contribution in [0.3, 0.4) is 0 Å². The van der Waals surface area contributed by atoms with Crippen LogP contribution in [-0.2, 0) is 11.5 Å². The Morgan fingerprint density at radius 1 is 1.14 bits per heavy atom. The number of aliphatic hydroxyl groups excluding tert-OH is 2.